The van der Waals surface area contributed by atoms with Crippen LogP contribution in [0.25, 0.3) is 0 Å². The standard InChI is InChI=1S/C14H20N4O2S2/c1-11-9-16-14(21-11)7-8-18(4)22(19,20)12-5-6-13(15-10-12)17(2)3/h5-6,9-10H,7-8H2,1-4H3. The summed E-state index contributed by atoms with van der Waals surface area (Å²) in [7, 11) is 1.78. The highest BCUT2D eigenvalue weighted by Crippen LogP contribution is 2.17. The second-order valence-electron chi connectivity index (χ2n) is 5.19. The number of sulfonamides is 1. The van der Waals surface area contributed by atoms with Crippen molar-refractivity contribution in [3.63, 3.8) is 0 Å². The molecule has 0 aliphatic carbocycles. The normalized spacial score (nSPS) is 11.9. The van der Waals surface area contributed by atoms with Crippen LogP contribution in [0.5, 0.6) is 0 Å². The van der Waals surface area contributed by atoms with Crippen molar-refractivity contribution in [2.75, 3.05) is 32.6 Å². The molecule has 120 valence electrons. The van der Waals surface area contributed by atoms with Crippen LogP contribution < -0.4 is 4.90 Å². The summed E-state index contributed by atoms with van der Waals surface area (Å²) in [6.45, 7) is 2.38. The lowest BCUT2D eigenvalue weighted by atomic mass is 10.4. The van der Waals surface area contributed by atoms with Crippen molar-refractivity contribution in [3.8, 4) is 0 Å². The van der Waals surface area contributed by atoms with Gasteiger partial charge in [0.05, 0.1) is 5.01 Å². The van der Waals surface area contributed by atoms with Gasteiger partial charge in [-0.25, -0.2) is 22.7 Å². The van der Waals surface area contributed by atoms with Crippen LogP contribution in [-0.4, -0.2) is 50.4 Å². The summed E-state index contributed by atoms with van der Waals surface area (Å²) in [6.07, 6.45) is 3.81. The van der Waals surface area contributed by atoms with Gasteiger partial charge in [-0.2, -0.15) is 0 Å². The summed E-state index contributed by atoms with van der Waals surface area (Å²) in [5.74, 6) is 0.722. The van der Waals surface area contributed by atoms with Gasteiger partial charge in [-0.1, -0.05) is 0 Å². The minimum absolute atomic E-state index is 0.205. The number of likely N-dealkylation sites (N-methyl/N-ethyl adjacent to an activating group) is 1. The smallest absolute Gasteiger partial charge is 0.244 e. The summed E-state index contributed by atoms with van der Waals surface area (Å²) >= 11 is 1.59. The van der Waals surface area contributed by atoms with Gasteiger partial charge in [0, 0.05) is 51.4 Å². The summed E-state index contributed by atoms with van der Waals surface area (Å²) in [5.41, 5.74) is 0. The Morgan fingerprint density at radius 1 is 1.14 bits per heavy atom. The molecule has 2 aromatic rings. The van der Waals surface area contributed by atoms with E-state index in [0.717, 1.165) is 15.7 Å². The molecule has 0 fully saturated rings. The van der Waals surface area contributed by atoms with Gasteiger partial charge in [0.25, 0.3) is 0 Å². The molecule has 0 N–H and O–H groups in total. The number of aromatic nitrogens is 2. The van der Waals surface area contributed by atoms with E-state index >= 15 is 0 Å². The third kappa shape index (κ3) is 3.82. The van der Waals surface area contributed by atoms with Crippen LogP contribution in [0.3, 0.4) is 0 Å². The van der Waals surface area contributed by atoms with E-state index in [9.17, 15) is 8.42 Å². The molecule has 2 heterocycles. The molecule has 2 rings (SSSR count). The number of hydrogen-bond donors (Lipinski definition) is 0. The van der Waals surface area contributed by atoms with E-state index in [1.54, 1.807) is 36.7 Å². The second kappa shape index (κ2) is 6.72. The molecule has 0 amide bonds. The maximum absolute atomic E-state index is 12.5. The highest BCUT2D eigenvalue weighted by Gasteiger charge is 2.21. The van der Waals surface area contributed by atoms with E-state index in [4.69, 9.17) is 0 Å². The Balaban J connectivity index is 2.08. The molecule has 0 aromatic carbocycles. The zero-order valence-corrected chi connectivity index (χ0v) is 14.8. The Morgan fingerprint density at radius 2 is 1.86 bits per heavy atom. The first-order chi connectivity index (χ1) is 10.3. The van der Waals surface area contributed by atoms with Gasteiger partial charge in [-0.15, -0.1) is 11.3 Å². The predicted octanol–water partition coefficient (Wildman–Crippen LogP) is 1.78. The van der Waals surface area contributed by atoms with Crippen molar-refractivity contribution in [1.29, 1.82) is 0 Å². The Hall–Kier alpha value is -1.51. The van der Waals surface area contributed by atoms with Crippen molar-refractivity contribution < 1.29 is 8.42 Å². The molecule has 8 heteroatoms. The van der Waals surface area contributed by atoms with E-state index in [1.807, 2.05) is 25.9 Å². The van der Waals surface area contributed by atoms with E-state index in [1.165, 1.54) is 10.5 Å². The van der Waals surface area contributed by atoms with E-state index in [-0.39, 0.29) is 4.90 Å². The number of nitrogens with zero attached hydrogens (tertiary/aromatic N) is 4. The van der Waals surface area contributed by atoms with Crippen molar-refractivity contribution in [1.82, 2.24) is 14.3 Å². The quantitative estimate of drug-likeness (QED) is 0.802. The van der Waals surface area contributed by atoms with Crippen LogP contribution in [-0.2, 0) is 16.4 Å². The van der Waals surface area contributed by atoms with E-state index in [2.05, 4.69) is 9.97 Å². The highest BCUT2D eigenvalue weighted by atomic mass is 32.2. The Labute approximate surface area is 135 Å². The lowest BCUT2D eigenvalue weighted by molar-refractivity contribution is 0.472. The molecular weight excluding hydrogens is 320 g/mol. The average molecular weight is 340 g/mol. The Morgan fingerprint density at radius 3 is 2.36 bits per heavy atom. The molecular formula is C14H20N4O2S2. The minimum Gasteiger partial charge on any atom is -0.363 e. The number of pyridine rings is 1. The fraction of sp³-hybridized carbons (Fsp3) is 0.429. The van der Waals surface area contributed by atoms with Gasteiger partial charge in [0.2, 0.25) is 10.0 Å². The van der Waals surface area contributed by atoms with Crippen molar-refractivity contribution in [3.05, 3.63) is 34.4 Å². The molecule has 0 spiro atoms. The largest absolute Gasteiger partial charge is 0.363 e. The van der Waals surface area contributed by atoms with Gasteiger partial charge in [-0.3, -0.25) is 0 Å². The van der Waals surface area contributed by atoms with Gasteiger partial charge >= 0.3 is 0 Å². The number of rotatable bonds is 6. The first kappa shape index (κ1) is 16.9. The van der Waals surface area contributed by atoms with Gasteiger partial charge in [0.1, 0.15) is 10.7 Å². The van der Waals surface area contributed by atoms with Crippen LogP contribution in [0.4, 0.5) is 5.82 Å². The molecule has 0 radical (unpaired) electrons. The molecule has 2 aromatic heterocycles. The molecule has 0 saturated heterocycles. The number of anilines is 1. The van der Waals surface area contributed by atoms with Crippen molar-refractivity contribution in [2.45, 2.75) is 18.2 Å². The Kier molecular flexibility index (Phi) is 5.15. The summed E-state index contributed by atoms with van der Waals surface area (Å²) in [5, 5.41) is 0.945. The monoisotopic (exact) mass is 340 g/mol. The lowest BCUT2D eigenvalue weighted by Gasteiger charge is -2.17. The highest BCUT2D eigenvalue weighted by molar-refractivity contribution is 7.89. The third-order valence-corrected chi connectivity index (χ3v) is 6.01. The summed E-state index contributed by atoms with van der Waals surface area (Å²) < 4.78 is 26.3. The van der Waals surface area contributed by atoms with Gasteiger partial charge < -0.3 is 4.90 Å². The molecule has 0 atom stereocenters. The fourth-order valence-electron chi connectivity index (χ4n) is 1.86. The van der Waals surface area contributed by atoms with E-state index in [0.29, 0.717) is 13.0 Å². The molecule has 0 bridgehead atoms. The van der Waals surface area contributed by atoms with Crippen LogP contribution in [0, 0.1) is 6.92 Å². The number of aryl methyl sites for hydroxylation is 1. The second-order valence-corrected chi connectivity index (χ2v) is 8.55. The maximum Gasteiger partial charge on any atom is 0.244 e. The average Bonchev–Trinajstić information content (AvgIpc) is 2.90. The summed E-state index contributed by atoms with van der Waals surface area (Å²) in [6, 6.07) is 3.28. The number of hydrogen-bond acceptors (Lipinski definition) is 6. The molecule has 6 nitrogen and oxygen atoms in total. The fourth-order valence-corrected chi connectivity index (χ4v) is 3.75. The first-order valence-corrected chi connectivity index (χ1v) is 9.07. The van der Waals surface area contributed by atoms with Crippen LogP contribution in [0.1, 0.15) is 9.88 Å². The third-order valence-electron chi connectivity index (χ3n) is 3.20. The topological polar surface area (TPSA) is 66.4 Å². The van der Waals surface area contributed by atoms with Crippen LogP contribution in [0.2, 0.25) is 0 Å². The number of thiazole rings is 1. The van der Waals surface area contributed by atoms with Crippen molar-refractivity contribution >= 4 is 27.2 Å². The molecule has 0 aliphatic rings. The first-order valence-electron chi connectivity index (χ1n) is 6.81. The van der Waals surface area contributed by atoms with Gasteiger partial charge in [0.15, 0.2) is 0 Å². The molecule has 0 saturated carbocycles. The molecule has 22 heavy (non-hydrogen) atoms. The SMILES string of the molecule is Cc1cnc(CCN(C)S(=O)(=O)c2ccc(N(C)C)nc2)s1. The van der Waals surface area contributed by atoms with Crippen LogP contribution in [0.15, 0.2) is 29.4 Å². The zero-order chi connectivity index (χ0) is 16.3. The molecule has 0 unspecified atom stereocenters. The molecule has 0 aliphatic heterocycles. The maximum atomic E-state index is 12.5. The minimum atomic E-state index is -3.52. The lowest BCUT2D eigenvalue weighted by Crippen LogP contribution is -2.29. The Bertz CT molecular complexity index is 724. The van der Waals surface area contributed by atoms with Crippen molar-refractivity contribution in [2.24, 2.45) is 0 Å². The van der Waals surface area contributed by atoms with Gasteiger partial charge in [-0.05, 0) is 19.1 Å². The van der Waals surface area contributed by atoms with E-state index < -0.39 is 10.0 Å². The zero-order valence-electron chi connectivity index (χ0n) is 13.1. The summed E-state index contributed by atoms with van der Waals surface area (Å²) in [4.78, 5) is 11.6. The van der Waals surface area contributed by atoms with Crippen LogP contribution >= 0.6 is 11.3 Å². The predicted molar refractivity (Wildman–Crippen MR) is 88.9 cm³/mol.